The first-order chi connectivity index (χ1) is 7.72. The van der Waals surface area contributed by atoms with Crippen LogP contribution in [0.15, 0.2) is 0 Å². The fourth-order valence-electron chi connectivity index (χ4n) is 2.89. The summed E-state index contributed by atoms with van der Waals surface area (Å²) in [5.74, 6) is 1.04. The van der Waals surface area contributed by atoms with E-state index in [9.17, 15) is 4.79 Å². The van der Waals surface area contributed by atoms with Crippen LogP contribution in [0.2, 0.25) is 0 Å². The van der Waals surface area contributed by atoms with Gasteiger partial charge in [-0.2, -0.15) is 0 Å². The summed E-state index contributed by atoms with van der Waals surface area (Å²) >= 11 is 0. The number of amides is 1. The van der Waals surface area contributed by atoms with Crippen molar-refractivity contribution in [3.05, 3.63) is 0 Å². The second-order valence-electron chi connectivity index (χ2n) is 5.45. The summed E-state index contributed by atoms with van der Waals surface area (Å²) in [4.78, 5) is 12.0. The molecule has 4 unspecified atom stereocenters. The Morgan fingerprint density at radius 3 is 2.81 bits per heavy atom. The molecule has 16 heavy (non-hydrogen) atoms. The van der Waals surface area contributed by atoms with Gasteiger partial charge < -0.3 is 11.1 Å². The SMILES string of the molecule is CCCC1CC1NC(=O)C1CCCCC1N. The van der Waals surface area contributed by atoms with Gasteiger partial charge >= 0.3 is 0 Å². The molecule has 0 aliphatic heterocycles. The second kappa shape index (κ2) is 5.17. The Kier molecular flexibility index (Phi) is 3.85. The second-order valence-corrected chi connectivity index (χ2v) is 5.45. The Morgan fingerprint density at radius 2 is 2.12 bits per heavy atom. The van der Waals surface area contributed by atoms with Gasteiger partial charge in [0.1, 0.15) is 0 Å². The molecule has 4 atom stereocenters. The van der Waals surface area contributed by atoms with Gasteiger partial charge in [-0.25, -0.2) is 0 Å². The third-order valence-electron chi connectivity index (χ3n) is 4.07. The summed E-state index contributed by atoms with van der Waals surface area (Å²) in [7, 11) is 0. The summed E-state index contributed by atoms with van der Waals surface area (Å²) in [5, 5.41) is 3.17. The fourth-order valence-corrected chi connectivity index (χ4v) is 2.89. The molecule has 0 aromatic heterocycles. The minimum absolute atomic E-state index is 0.0802. The first kappa shape index (κ1) is 11.9. The monoisotopic (exact) mass is 224 g/mol. The minimum Gasteiger partial charge on any atom is -0.353 e. The van der Waals surface area contributed by atoms with Gasteiger partial charge in [0.05, 0.1) is 5.92 Å². The molecule has 0 bridgehead atoms. The molecule has 3 nitrogen and oxygen atoms in total. The summed E-state index contributed by atoms with van der Waals surface area (Å²) < 4.78 is 0. The average Bonchev–Trinajstić information content (AvgIpc) is 2.97. The van der Waals surface area contributed by atoms with Crippen LogP contribution in [-0.4, -0.2) is 18.0 Å². The van der Waals surface area contributed by atoms with Crippen LogP contribution in [0, 0.1) is 11.8 Å². The highest BCUT2D eigenvalue weighted by Gasteiger charge is 2.39. The van der Waals surface area contributed by atoms with Crippen molar-refractivity contribution in [2.75, 3.05) is 0 Å². The van der Waals surface area contributed by atoms with Gasteiger partial charge in [-0.1, -0.05) is 26.2 Å². The number of rotatable bonds is 4. The number of carbonyl (C=O) groups is 1. The molecule has 2 rings (SSSR count). The van der Waals surface area contributed by atoms with Crippen molar-refractivity contribution in [3.8, 4) is 0 Å². The lowest BCUT2D eigenvalue weighted by Crippen LogP contribution is -2.44. The van der Waals surface area contributed by atoms with Crippen molar-refractivity contribution in [2.24, 2.45) is 17.6 Å². The standard InChI is InChI=1S/C13H24N2O/c1-2-5-9-8-12(9)15-13(16)10-6-3-4-7-11(10)14/h9-12H,2-8,14H2,1H3,(H,15,16). The lowest BCUT2D eigenvalue weighted by atomic mass is 9.84. The maximum atomic E-state index is 12.0. The zero-order valence-corrected chi connectivity index (χ0v) is 10.2. The van der Waals surface area contributed by atoms with Crippen LogP contribution in [0.4, 0.5) is 0 Å². The van der Waals surface area contributed by atoms with Crippen LogP contribution < -0.4 is 11.1 Å². The smallest absolute Gasteiger partial charge is 0.224 e. The van der Waals surface area contributed by atoms with E-state index in [0.717, 1.165) is 25.2 Å². The Morgan fingerprint density at radius 1 is 1.38 bits per heavy atom. The minimum atomic E-state index is 0.0802. The molecular weight excluding hydrogens is 200 g/mol. The quantitative estimate of drug-likeness (QED) is 0.765. The molecule has 92 valence electrons. The molecule has 1 amide bonds. The molecule has 3 N–H and O–H groups in total. The maximum absolute atomic E-state index is 12.0. The van der Waals surface area contributed by atoms with E-state index in [4.69, 9.17) is 5.73 Å². The Bertz CT molecular complexity index is 254. The number of nitrogens with one attached hydrogen (secondary N) is 1. The van der Waals surface area contributed by atoms with Gasteiger partial charge in [-0.15, -0.1) is 0 Å². The molecule has 0 heterocycles. The van der Waals surface area contributed by atoms with Crippen LogP contribution >= 0.6 is 0 Å². The highest BCUT2D eigenvalue weighted by Crippen LogP contribution is 2.35. The maximum Gasteiger partial charge on any atom is 0.224 e. The van der Waals surface area contributed by atoms with E-state index >= 15 is 0 Å². The normalized spacial score (nSPS) is 38.1. The Labute approximate surface area is 98.2 Å². The van der Waals surface area contributed by atoms with E-state index in [1.165, 1.54) is 25.7 Å². The molecule has 2 aliphatic rings. The van der Waals surface area contributed by atoms with Crippen LogP contribution in [0.3, 0.4) is 0 Å². The predicted molar refractivity (Wildman–Crippen MR) is 64.9 cm³/mol. The van der Waals surface area contributed by atoms with Gasteiger partial charge in [0.15, 0.2) is 0 Å². The van der Waals surface area contributed by atoms with E-state index in [1.807, 2.05) is 0 Å². The first-order valence-corrected chi connectivity index (χ1v) is 6.78. The predicted octanol–water partition coefficient (Wildman–Crippen LogP) is 1.81. The van der Waals surface area contributed by atoms with Crippen molar-refractivity contribution < 1.29 is 4.79 Å². The topological polar surface area (TPSA) is 55.1 Å². The lowest BCUT2D eigenvalue weighted by molar-refractivity contribution is -0.126. The zero-order chi connectivity index (χ0) is 11.5. The molecule has 3 heteroatoms. The van der Waals surface area contributed by atoms with Crippen LogP contribution in [0.5, 0.6) is 0 Å². The van der Waals surface area contributed by atoms with Crippen molar-refractivity contribution in [1.82, 2.24) is 5.32 Å². The van der Waals surface area contributed by atoms with E-state index in [-0.39, 0.29) is 17.9 Å². The van der Waals surface area contributed by atoms with Gasteiger partial charge in [0.25, 0.3) is 0 Å². The molecule has 2 aliphatic carbocycles. The van der Waals surface area contributed by atoms with Gasteiger partial charge in [-0.3, -0.25) is 4.79 Å². The van der Waals surface area contributed by atoms with E-state index < -0.39 is 0 Å². The van der Waals surface area contributed by atoms with E-state index in [1.54, 1.807) is 0 Å². The molecule has 0 spiro atoms. The molecule has 0 aromatic carbocycles. The highest BCUT2D eigenvalue weighted by atomic mass is 16.2. The average molecular weight is 224 g/mol. The summed E-state index contributed by atoms with van der Waals surface area (Å²) in [6.45, 7) is 2.20. The van der Waals surface area contributed by atoms with Crippen molar-refractivity contribution in [1.29, 1.82) is 0 Å². The number of nitrogens with two attached hydrogens (primary N) is 1. The Hall–Kier alpha value is -0.570. The Balaban J connectivity index is 1.75. The third kappa shape index (κ3) is 2.76. The summed E-state index contributed by atoms with van der Waals surface area (Å²) in [5.41, 5.74) is 6.01. The molecule has 0 saturated heterocycles. The van der Waals surface area contributed by atoms with E-state index in [2.05, 4.69) is 12.2 Å². The number of hydrogen-bond acceptors (Lipinski definition) is 2. The lowest BCUT2D eigenvalue weighted by Gasteiger charge is -2.27. The van der Waals surface area contributed by atoms with Gasteiger partial charge in [0.2, 0.25) is 5.91 Å². The van der Waals surface area contributed by atoms with Crippen LogP contribution in [0.1, 0.15) is 51.9 Å². The molecular formula is C13H24N2O. The molecule has 2 saturated carbocycles. The van der Waals surface area contributed by atoms with Gasteiger partial charge in [-0.05, 0) is 31.6 Å². The molecule has 0 aromatic rings. The number of carbonyl (C=O) groups excluding carboxylic acids is 1. The molecule has 0 radical (unpaired) electrons. The van der Waals surface area contributed by atoms with Crippen LogP contribution in [0.25, 0.3) is 0 Å². The van der Waals surface area contributed by atoms with Crippen LogP contribution in [-0.2, 0) is 4.79 Å². The third-order valence-corrected chi connectivity index (χ3v) is 4.07. The fraction of sp³-hybridized carbons (Fsp3) is 0.923. The number of hydrogen-bond donors (Lipinski definition) is 2. The zero-order valence-electron chi connectivity index (χ0n) is 10.2. The summed E-state index contributed by atoms with van der Waals surface area (Å²) in [6, 6.07) is 0.554. The van der Waals surface area contributed by atoms with Gasteiger partial charge in [0, 0.05) is 12.1 Å². The van der Waals surface area contributed by atoms with E-state index in [0.29, 0.717) is 6.04 Å². The van der Waals surface area contributed by atoms with Crippen molar-refractivity contribution >= 4 is 5.91 Å². The highest BCUT2D eigenvalue weighted by molar-refractivity contribution is 5.80. The van der Waals surface area contributed by atoms with Crippen molar-refractivity contribution in [3.63, 3.8) is 0 Å². The van der Waals surface area contributed by atoms with Crippen molar-refractivity contribution in [2.45, 2.75) is 64.0 Å². The largest absolute Gasteiger partial charge is 0.353 e. The summed E-state index contributed by atoms with van der Waals surface area (Å²) in [6.07, 6.45) is 8.00. The first-order valence-electron chi connectivity index (χ1n) is 6.78. The molecule has 2 fully saturated rings.